The Kier molecular flexibility index (Phi) is 16.2. The van der Waals surface area contributed by atoms with Gasteiger partial charge in [-0.3, -0.25) is 19.7 Å². The lowest BCUT2D eigenvalue weighted by atomic mass is 9.94. The molecule has 0 bridgehead atoms. The van der Waals surface area contributed by atoms with E-state index in [1.807, 2.05) is 0 Å². The summed E-state index contributed by atoms with van der Waals surface area (Å²) in [6.07, 6.45) is -25.2. The Labute approximate surface area is 384 Å². The number of nitro benzene ring substituents is 1. The van der Waals surface area contributed by atoms with Gasteiger partial charge in [0.15, 0.2) is 5.75 Å². The molecule has 0 heterocycles. The van der Waals surface area contributed by atoms with Gasteiger partial charge in [-0.05, 0) is 106 Å². The zero-order valence-electron chi connectivity index (χ0n) is 31.9. The molecule has 0 aliphatic rings. The summed E-state index contributed by atoms with van der Waals surface area (Å²) in [7, 11) is 4.64. The number of nitro groups is 1. The standard InChI is InChI=1S/C18H11Br2F7N2O4.C18H13Br2F7N2O2/c1-28(15(30)9-4-3-5-12(29(31)32)14(9)33-2)13-10(19)6-8(7-11(13)20)16(21,17(22,23)24)18(25,26)27;1-29(15(30)9-4-3-5-12(28)14(9)31-2)13-10(19)6-8(7-11(13)20)16(21,17(22,23)24)18(25,26)27/h3-7H,1-2H3;3-7H,28H2,1-2H3. The fourth-order valence-corrected chi connectivity index (χ4v) is 9.15. The molecule has 0 fully saturated rings. The number of rotatable bonds is 9. The molecule has 350 valence electrons. The van der Waals surface area contributed by atoms with Crippen LogP contribution in [0.5, 0.6) is 11.5 Å². The van der Waals surface area contributed by atoms with Crippen LogP contribution in [-0.4, -0.2) is 69.8 Å². The maximum atomic E-state index is 14.4. The van der Waals surface area contributed by atoms with E-state index in [0.717, 1.165) is 30.0 Å². The van der Waals surface area contributed by atoms with Crippen molar-refractivity contribution in [3.63, 3.8) is 0 Å². The number of nitrogens with zero attached hydrogens (tertiary/aromatic N) is 3. The SMILES string of the molecule is COc1c(C(=O)N(C)c2c(Br)cc(C(F)(C(F)(F)F)C(F)(F)F)cc2Br)cccc1[N+](=O)[O-].COc1c(N)cccc1C(=O)N(C)c1c(Br)cc(C(F)(C(F)(F)F)C(F)(F)F)cc1Br. The van der Waals surface area contributed by atoms with Gasteiger partial charge in [-0.1, -0.05) is 12.1 Å². The summed E-state index contributed by atoms with van der Waals surface area (Å²) < 4.78 is 194. The van der Waals surface area contributed by atoms with Crippen LogP contribution < -0.4 is 25.0 Å². The molecule has 0 atom stereocenters. The fourth-order valence-electron chi connectivity index (χ4n) is 5.71. The average molecular weight is 1190 g/mol. The molecule has 4 rings (SSSR count). The maximum Gasteiger partial charge on any atom is 0.435 e. The Morgan fingerprint density at radius 3 is 1.16 bits per heavy atom. The smallest absolute Gasteiger partial charge is 0.435 e. The highest BCUT2D eigenvalue weighted by Crippen LogP contribution is 2.56. The van der Waals surface area contributed by atoms with Crippen molar-refractivity contribution in [3.05, 3.63) is 111 Å². The molecule has 0 spiro atoms. The number of anilines is 3. The first-order valence-electron chi connectivity index (χ1n) is 16.5. The molecular formula is C36H24Br4F14N4O6. The summed E-state index contributed by atoms with van der Waals surface area (Å²) in [6, 6.07) is 8.82. The number of ether oxygens (including phenoxy) is 2. The molecular weight excluding hydrogens is 1170 g/mol. The van der Waals surface area contributed by atoms with E-state index in [1.54, 1.807) is 0 Å². The van der Waals surface area contributed by atoms with Crippen LogP contribution in [0.2, 0.25) is 0 Å². The number of para-hydroxylation sites is 2. The molecule has 0 radical (unpaired) electrons. The van der Waals surface area contributed by atoms with Crippen molar-refractivity contribution in [1.82, 2.24) is 0 Å². The molecule has 10 nitrogen and oxygen atoms in total. The van der Waals surface area contributed by atoms with E-state index >= 15 is 0 Å². The van der Waals surface area contributed by atoms with Crippen LogP contribution >= 0.6 is 63.7 Å². The Bertz CT molecular complexity index is 2380. The highest BCUT2D eigenvalue weighted by molar-refractivity contribution is 9.11. The van der Waals surface area contributed by atoms with Crippen LogP contribution in [0, 0.1) is 10.1 Å². The number of nitrogen functional groups attached to an aromatic ring is 1. The van der Waals surface area contributed by atoms with Crippen molar-refractivity contribution in [1.29, 1.82) is 0 Å². The van der Waals surface area contributed by atoms with Gasteiger partial charge in [0.2, 0.25) is 5.75 Å². The van der Waals surface area contributed by atoms with E-state index in [9.17, 15) is 81.2 Å². The van der Waals surface area contributed by atoms with Crippen molar-refractivity contribution in [2.45, 2.75) is 36.0 Å². The molecule has 0 aliphatic heterocycles. The number of methoxy groups -OCH3 is 2. The van der Waals surface area contributed by atoms with Gasteiger partial charge in [0, 0.05) is 49.2 Å². The van der Waals surface area contributed by atoms with Crippen molar-refractivity contribution in [2.75, 3.05) is 43.8 Å². The summed E-state index contributed by atoms with van der Waals surface area (Å²) in [5.74, 6) is -2.08. The van der Waals surface area contributed by atoms with E-state index in [0.29, 0.717) is 12.1 Å². The molecule has 0 saturated carbocycles. The van der Waals surface area contributed by atoms with E-state index in [2.05, 4.69) is 63.7 Å². The predicted molar refractivity (Wildman–Crippen MR) is 216 cm³/mol. The summed E-state index contributed by atoms with van der Waals surface area (Å²) in [6.45, 7) is 0. The Balaban J connectivity index is 0.000000341. The summed E-state index contributed by atoms with van der Waals surface area (Å²) in [4.78, 5) is 37.9. The molecule has 0 aliphatic carbocycles. The Hall–Kier alpha value is -4.44. The second-order valence-electron chi connectivity index (χ2n) is 12.7. The molecule has 0 aromatic heterocycles. The van der Waals surface area contributed by atoms with Crippen LogP contribution in [0.1, 0.15) is 31.8 Å². The van der Waals surface area contributed by atoms with Gasteiger partial charge in [0.25, 0.3) is 11.8 Å². The lowest BCUT2D eigenvalue weighted by molar-refractivity contribution is -0.385. The Morgan fingerprint density at radius 1 is 0.578 bits per heavy atom. The number of carbonyl (C=O) groups excluding carboxylic acids is 2. The number of hydrogen-bond donors (Lipinski definition) is 1. The summed E-state index contributed by atoms with van der Waals surface area (Å²) in [5, 5.41) is 11.2. The number of halogens is 18. The Morgan fingerprint density at radius 2 is 0.875 bits per heavy atom. The maximum absolute atomic E-state index is 14.4. The number of amides is 2. The van der Waals surface area contributed by atoms with E-state index in [-0.39, 0.29) is 46.1 Å². The molecule has 2 amide bonds. The predicted octanol–water partition coefficient (Wildman–Crippen LogP) is 13.1. The second-order valence-corrected chi connectivity index (χ2v) is 16.1. The minimum Gasteiger partial charge on any atom is -0.494 e. The van der Waals surface area contributed by atoms with Crippen molar-refractivity contribution < 1.29 is 85.5 Å². The van der Waals surface area contributed by atoms with E-state index in [4.69, 9.17) is 15.2 Å². The molecule has 4 aromatic rings. The van der Waals surface area contributed by atoms with Gasteiger partial charge in [0.05, 0.1) is 47.3 Å². The molecule has 4 aromatic carbocycles. The molecule has 0 unspecified atom stereocenters. The first-order chi connectivity index (χ1) is 29.1. The van der Waals surface area contributed by atoms with Gasteiger partial charge in [-0.15, -0.1) is 0 Å². The van der Waals surface area contributed by atoms with Crippen molar-refractivity contribution in [3.8, 4) is 11.5 Å². The van der Waals surface area contributed by atoms with E-state index < -0.39 is 93.2 Å². The highest BCUT2D eigenvalue weighted by Gasteiger charge is 2.74. The summed E-state index contributed by atoms with van der Waals surface area (Å²) in [5.41, 5.74) is -10.2. The van der Waals surface area contributed by atoms with Crippen LogP contribution in [0.25, 0.3) is 0 Å². The van der Waals surface area contributed by atoms with Gasteiger partial charge >= 0.3 is 41.7 Å². The number of nitrogens with two attached hydrogens (primary N) is 1. The molecule has 2 N–H and O–H groups in total. The topological polar surface area (TPSA) is 128 Å². The minimum absolute atomic E-state index is 0.0155. The first kappa shape index (κ1) is 53.9. The lowest BCUT2D eigenvalue weighted by Crippen LogP contribution is -2.50. The quantitative estimate of drug-likeness (QED) is 0.0765. The zero-order valence-corrected chi connectivity index (χ0v) is 38.3. The van der Waals surface area contributed by atoms with Crippen LogP contribution in [0.3, 0.4) is 0 Å². The highest BCUT2D eigenvalue weighted by atomic mass is 79.9. The van der Waals surface area contributed by atoms with Crippen LogP contribution in [0.15, 0.2) is 78.6 Å². The van der Waals surface area contributed by atoms with E-state index in [1.165, 1.54) is 44.5 Å². The van der Waals surface area contributed by atoms with Crippen molar-refractivity contribution >= 4 is 98.3 Å². The fraction of sp³-hybridized carbons (Fsp3) is 0.278. The van der Waals surface area contributed by atoms with Gasteiger partial charge < -0.3 is 25.0 Å². The first-order valence-corrected chi connectivity index (χ1v) is 19.7. The number of carbonyl (C=O) groups is 2. The molecule has 64 heavy (non-hydrogen) atoms. The number of hydrogen-bond acceptors (Lipinski definition) is 7. The lowest BCUT2D eigenvalue weighted by Gasteiger charge is -2.31. The summed E-state index contributed by atoms with van der Waals surface area (Å²) >= 11 is 11.2. The van der Waals surface area contributed by atoms with Crippen molar-refractivity contribution in [2.24, 2.45) is 0 Å². The third kappa shape index (κ3) is 10.0. The largest absolute Gasteiger partial charge is 0.494 e. The van der Waals surface area contributed by atoms with Crippen LogP contribution in [0.4, 0.5) is 84.2 Å². The molecule has 28 heteroatoms. The minimum atomic E-state index is -6.33. The third-order valence-electron chi connectivity index (χ3n) is 8.78. The monoisotopic (exact) mass is 1190 g/mol. The van der Waals surface area contributed by atoms with Gasteiger partial charge in [0.1, 0.15) is 0 Å². The average Bonchev–Trinajstić information content (AvgIpc) is 3.16. The molecule has 0 saturated heterocycles. The van der Waals surface area contributed by atoms with Gasteiger partial charge in [-0.25, -0.2) is 8.78 Å². The third-order valence-corrected chi connectivity index (χ3v) is 11.2. The zero-order chi connectivity index (χ0) is 49.5. The van der Waals surface area contributed by atoms with Gasteiger partial charge in [-0.2, -0.15) is 52.7 Å². The van der Waals surface area contributed by atoms with Crippen LogP contribution in [-0.2, 0) is 11.3 Å². The number of benzene rings is 4. The number of alkyl halides is 14. The normalized spacial score (nSPS) is 12.5. The second kappa shape index (κ2) is 19.2.